The van der Waals surface area contributed by atoms with Gasteiger partial charge in [0.25, 0.3) is 0 Å². The van der Waals surface area contributed by atoms with Gasteiger partial charge in [-0.05, 0) is 37.3 Å². The molecule has 0 amide bonds. The Morgan fingerprint density at radius 2 is 2.00 bits per heavy atom. The number of furan rings is 1. The maximum absolute atomic E-state index is 5.70. The molecular weight excluding hydrogens is 214 g/mol. The molecule has 2 aliphatic carbocycles. The van der Waals surface area contributed by atoms with Gasteiger partial charge in [-0.1, -0.05) is 12.8 Å². The summed E-state index contributed by atoms with van der Waals surface area (Å²) in [6, 6.07) is 4.81. The van der Waals surface area contributed by atoms with Crippen LogP contribution in [0, 0.1) is 5.92 Å². The molecule has 0 aromatic carbocycles. The maximum Gasteiger partial charge on any atom is 0.129 e. The average Bonchev–Trinajstić information content (AvgIpc) is 3.24. The Balaban J connectivity index is 1.33. The fraction of sp³-hybridized carbons (Fsp3) is 0.714. The number of ether oxygens (including phenoxy) is 1. The largest absolute Gasteiger partial charge is 0.462 e. The van der Waals surface area contributed by atoms with Gasteiger partial charge >= 0.3 is 0 Å². The van der Waals surface area contributed by atoms with E-state index in [4.69, 9.17) is 9.15 Å². The minimum Gasteiger partial charge on any atom is -0.462 e. The molecule has 0 unspecified atom stereocenters. The standard InChI is InChI=1S/C14H21NO2/c1-2-11(1)7-8-16-10-14-6-5-13(17-14)9-15-12-3-4-12/h5-6,11-12,15H,1-4,7-10H2. The second kappa shape index (κ2) is 5.23. The van der Waals surface area contributed by atoms with Crippen molar-refractivity contribution in [2.24, 2.45) is 5.92 Å². The Kier molecular flexibility index (Phi) is 3.48. The zero-order valence-corrected chi connectivity index (χ0v) is 10.3. The lowest BCUT2D eigenvalue weighted by Crippen LogP contribution is -2.14. The van der Waals surface area contributed by atoms with Gasteiger partial charge in [-0.3, -0.25) is 0 Å². The smallest absolute Gasteiger partial charge is 0.129 e. The molecule has 0 aliphatic heterocycles. The summed E-state index contributed by atoms with van der Waals surface area (Å²) in [7, 11) is 0. The molecule has 17 heavy (non-hydrogen) atoms. The van der Waals surface area contributed by atoms with Crippen molar-refractivity contribution in [3.8, 4) is 0 Å². The normalized spacial score (nSPS) is 19.8. The molecule has 2 fully saturated rings. The van der Waals surface area contributed by atoms with Gasteiger partial charge in [-0.25, -0.2) is 0 Å². The summed E-state index contributed by atoms with van der Waals surface area (Å²) in [6.45, 7) is 2.35. The minimum atomic E-state index is 0.621. The van der Waals surface area contributed by atoms with Crippen molar-refractivity contribution in [3.05, 3.63) is 23.7 Å². The molecule has 2 saturated carbocycles. The van der Waals surface area contributed by atoms with Gasteiger partial charge in [-0.2, -0.15) is 0 Å². The topological polar surface area (TPSA) is 34.4 Å². The minimum absolute atomic E-state index is 0.621. The molecule has 0 radical (unpaired) electrons. The average molecular weight is 235 g/mol. The van der Waals surface area contributed by atoms with Crippen LogP contribution in [0.15, 0.2) is 16.5 Å². The lowest BCUT2D eigenvalue weighted by atomic mass is 10.3. The van der Waals surface area contributed by atoms with Gasteiger partial charge in [-0.15, -0.1) is 0 Å². The van der Waals surface area contributed by atoms with Crippen LogP contribution in [0.3, 0.4) is 0 Å². The number of rotatable bonds is 8. The van der Waals surface area contributed by atoms with Crippen LogP contribution in [-0.2, 0) is 17.9 Å². The zero-order valence-electron chi connectivity index (χ0n) is 10.3. The van der Waals surface area contributed by atoms with E-state index in [1.807, 2.05) is 6.07 Å². The summed E-state index contributed by atoms with van der Waals surface area (Å²) in [6.07, 6.45) is 6.66. The molecule has 0 saturated heterocycles. The number of nitrogens with one attached hydrogen (secondary N) is 1. The summed E-state index contributed by atoms with van der Waals surface area (Å²) >= 11 is 0. The second-order valence-corrected chi connectivity index (χ2v) is 5.31. The van der Waals surface area contributed by atoms with Crippen molar-refractivity contribution in [2.45, 2.75) is 51.3 Å². The van der Waals surface area contributed by atoms with E-state index in [1.54, 1.807) is 0 Å². The third-order valence-electron chi connectivity index (χ3n) is 3.47. The zero-order chi connectivity index (χ0) is 11.5. The van der Waals surface area contributed by atoms with E-state index in [-0.39, 0.29) is 0 Å². The summed E-state index contributed by atoms with van der Waals surface area (Å²) in [4.78, 5) is 0. The Bertz CT molecular complexity index is 353. The first-order valence-corrected chi connectivity index (χ1v) is 6.79. The van der Waals surface area contributed by atoms with Crippen LogP contribution >= 0.6 is 0 Å². The van der Waals surface area contributed by atoms with Crippen molar-refractivity contribution < 1.29 is 9.15 Å². The molecule has 3 nitrogen and oxygen atoms in total. The van der Waals surface area contributed by atoms with Crippen LogP contribution in [-0.4, -0.2) is 12.6 Å². The van der Waals surface area contributed by atoms with Crippen LogP contribution in [0.2, 0.25) is 0 Å². The first-order valence-electron chi connectivity index (χ1n) is 6.79. The molecule has 2 aliphatic rings. The monoisotopic (exact) mass is 235 g/mol. The van der Waals surface area contributed by atoms with E-state index in [9.17, 15) is 0 Å². The van der Waals surface area contributed by atoms with Crippen molar-refractivity contribution in [1.82, 2.24) is 5.32 Å². The SMILES string of the molecule is c1cc(COCCC2CC2)oc1CNC1CC1. The summed E-state index contributed by atoms with van der Waals surface area (Å²) < 4.78 is 11.3. The lowest BCUT2D eigenvalue weighted by Gasteiger charge is -2.01. The van der Waals surface area contributed by atoms with Crippen LogP contribution in [0.5, 0.6) is 0 Å². The Labute approximate surface area is 103 Å². The molecular formula is C14H21NO2. The first-order chi connectivity index (χ1) is 8.40. The highest BCUT2D eigenvalue weighted by molar-refractivity contribution is 5.06. The second-order valence-electron chi connectivity index (χ2n) is 5.31. The number of hydrogen-bond donors (Lipinski definition) is 1. The van der Waals surface area contributed by atoms with Crippen molar-refractivity contribution in [1.29, 1.82) is 0 Å². The van der Waals surface area contributed by atoms with Gasteiger partial charge in [0.1, 0.15) is 18.1 Å². The quantitative estimate of drug-likeness (QED) is 0.704. The molecule has 1 aromatic heterocycles. The van der Waals surface area contributed by atoms with E-state index in [1.165, 1.54) is 32.1 Å². The highest BCUT2D eigenvalue weighted by Gasteiger charge is 2.21. The molecule has 0 spiro atoms. The van der Waals surface area contributed by atoms with Crippen LogP contribution < -0.4 is 5.32 Å². The van der Waals surface area contributed by atoms with Gasteiger partial charge in [0.15, 0.2) is 0 Å². The van der Waals surface area contributed by atoms with Crippen LogP contribution in [0.4, 0.5) is 0 Å². The van der Waals surface area contributed by atoms with Crippen molar-refractivity contribution in [2.75, 3.05) is 6.61 Å². The molecule has 1 N–H and O–H groups in total. The molecule has 1 aromatic rings. The van der Waals surface area contributed by atoms with Gasteiger partial charge in [0.2, 0.25) is 0 Å². The molecule has 3 rings (SSSR count). The highest BCUT2D eigenvalue weighted by Crippen LogP contribution is 2.32. The Hall–Kier alpha value is -0.800. The van der Waals surface area contributed by atoms with Gasteiger partial charge in [0.05, 0.1) is 6.54 Å². The Morgan fingerprint density at radius 1 is 1.18 bits per heavy atom. The van der Waals surface area contributed by atoms with Crippen LogP contribution in [0.1, 0.15) is 43.6 Å². The highest BCUT2D eigenvalue weighted by atomic mass is 16.5. The van der Waals surface area contributed by atoms with Gasteiger partial charge < -0.3 is 14.5 Å². The predicted molar refractivity (Wildman–Crippen MR) is 65.6 cm³/mol. The van der Waals surface area contributed by atoms with E-state index < -0.39 is 0 Å². The molecule has 0 atom stereocenters. The third-order valence-corrected chi connectivity index (χ3v) is 3.47. The van der Waals surface area contributed by atoms with Gasteiger partial charge in [0, 0.05) is 12.6 Å². The summed E-state index contributed by atoms with van der Waals surface area (Å²) in [5.74, 6) is 2.93. The molecule has 1 heterocycles. The summed E-state index contributed by atoms with van der Waals surface area (Å²) in [5, 5.41) is 3.44. The van der Waals surface area contributed by atoms with Crippen molar-refractivity contribution in [3.63, 3.8) is 0 Å². The third kappa shape index (κ3) is 3.86. The van der Waals surface area contributed by atoms with Crippen molar-refractivity contribution >= 4 is 0 Å². The summed E-state index contributed by atoms with van der Waals surface area (Å²) in [5.41, 5.74) is 0. The van der Waals surface area contributed by atoms with E-state index >= 15 is 0 Å². The van der Waals surface area contributed by atoms with E-state index in [0.717, 1.165) is 36.6 Å². The first kappa shape index (κ1) is 11.3. The molecule has 0 bridgehead atoms. The number of hydrogen-bond acceptors (Lipinski definition) is 3. The fourth-order valence-electron chi connectivity index (χ4n) is 1.96. The van der Waals surface area contributed by atoms with Crippen LogP contribution in [0.25, 0.3) is 0 Å². The predicted octanol–water partition coefficient (Wildman–Crippen LogP) is 2.85. The Morgan fingerprint density at radius 3 is 2.76 bits per heavy atom. The molecule has 94 valence electrons. The lowest BCUT2D eigenvalue weighted by molar-refractivity contribution is 0.0999. The molecule has 3 heteroatoms. The fourth-order valence-corrected chi connectivity index (χ4v) is 1.96. The maximum atomic E-state index is 5.70. The van der Waals surface area contributed by atoms with E-state index in [0.29, 0.717) is 6.61 Å². The van der Waals surface area contributed by atoms with E-state index in [2.05, 4.69) is 11.4 Å².